The summed E-state index contributed by atoms with van der Waals surface area (Å²) in [6.07, 6.45) is 3.73. The topological polar surface area (TPSA) is 20.2 Å². The Balaban J connectivity index is 4.16. The molecular formula is C9H19IOSi. The van der Waals surface area contributed by atoms with E-state index in [9.17, 15) is 5.11 Å². The lowest BCUT2D eigenvalue weighted by Crippen LogP contribution is -2.21. The Morgan fingerprint density at radius 1 is 1.50 bits per heavy atom. The molecule has 1 atom stereocenters. The third kappa shape index (κ3) is 5.32. The largest absolute Gasteiger partial charge is 0.389 e. The van der Waals surface area contributed by atoms with E-state index in [0.717, 1.165) is 12.8 Å². The van der Waals surface area contributed by atoms with E-state index in [1.54, 1.807) is 0 Å². The minimum atomic E-state index is -1.16. The van der Waals surface area contributed by atoms with E-state index in [1.807, 2.05) is 6.08 Å². The van der Waals surface area contributed by atoms with Crippen LogP contribution in [0.25, 0.3) is 0 Å². The molecular weight excluding hydrogens is 279 g/mol. The molecule has 0 radical (unpaired) electrons. The fraction of sp³-hybridized carbons (Fsp3) is 0.778. The Morgan fingerprint density at radius 3 is 2.33 bits per heavy atom. The van der Waals surface area contributed by atoms with Gasteiger partial charge in [0.2, 0.25) is 0 Å². The molecule has 0 rings (SSSR count). The second-order valence-corrected chi connectivity index (χ2v) is 11.3. The highest BCUT2D eigenvalue weighted by Gasteiger charge is 2.17. The fourth-order valence-corrected chi connectivity index (χ4v) is 1.91. The molecule has 0 spiro atoms. The highest BCUT2D eigenvalue weighted by molar-refractivity contribution is 14.1. The number of aliphatic hydroxyl groups excluding tert-OH is 1. The molecule has 1 N–H and O–H groups in total. The van der Waals surface area contributed by atoms with Gasteiger partial charge in [-0.15, -0.1) is 0 Å². The van der Waals surface area contributed by atoms with Gasteiger partial charge in [0.25, 0.3) is 0 Å². The van der Waals surface area contributed by atoms with Crippen molar-refractivity contribution in [2.24, 2.45) is 0 Å². The van der Waals surface area contributed by atoms with Crippen LogP contribution in [-0.2, 0) is 0 Å². The van der Waals surface area contributed by atoms with Crippen molar-refractivity contribution < 1.29 is 5.11 Å². The smallest absolute Gasteiger partial charge is 0.0851 e. The first-order valence-electron chi connectivity index (χ1n) is 4.43. The quantitative estimate of drug-likeness (QED) is 0.623. The number of halogens is 1. The average Bonchev–Trinajstić information content (AvgIpc) is 1.85. The SMILES string of the molecule is CCCC(O)/C=C(\I)[Si](C)(C)C. The predicted octanol–water partition coefficient (Wildman–Crippen LogP) is 3.34. The first-order valence-corrected chi connectivity index (χ1v) is 9.01. The Morgan fingerprint density at radius 2 is 2.00 bits per heavy atom. The summed E-state index contributed by atoms with van der Waals surface area (Å²) in [5.74, 6) is 0. The zero-order chi connectivity index (χ0) is 9.78. The standard InChI is InChI=1S/C9H19IOSi/c1-5-6-8(11)7-9(10)12(2,3)4/h7-8,11H,5-6H2,1-4H3/b9-7+. The summed E-state index contributed by atoms with van der Waals surface area (Å²) in [6.45, 7) is 8.98. The summed E-state index contributed by atoms with van der Waals surface area (Å²) >= 11 is 2.37. The van der Waals surface area contributed by atoms with Crippen LogP contribution in [0.4, 0.5) is 0 Å². The third-order valence-electron chi connectivity index (χ3n) is 1.64. The maximum Gasteiger partial charge on any atom is 0.0851 e. The molecule has 0 aromatic rings. The second kappa shape index (κ2) is 5.39. The average molecular weight is 298 g/mol. The molecule has 0 bridgehead atoms. The van der Waals surface area contributed by atoms with E-state index in [0.29, 0.717) is 0 Å². The number of hydrogen-bond donors (Lipinski definition) is 1. The minimum absolute atomic E-state index is 0.228. The van der Waals surface area contributed by atoms with Crippen molar-refractivity contribution in [3.05, 3.63) is 9.28 Å². The predicted molar refractivity (Wildman–Crippen MR) is 66.4 cm³/mol. The normalized spacial score (nSPS) is 16.3. The highest BCUT2D eigenvalue weighted by atomic mass is 127. The monoisotopic (exact) mass is 298 g/mol. The van der Waals surface area contributed by atoms with Crippen LogP contribution in [0.1, 0.15) is 19.8 Å². The Kier molecular flexibility index (Phi) is 5.68. The van der Waals surface area contributed by atoms with Crippen molar-refractivity contribution in [3.8, 4) is 0 Å². The molecule has 1 nitrogen and oxygen atoms in total. The molecule has 0 aliphatic carbocycles. The summed E-state index contributed by atoms with van der Waals surface area (Å²) in [7, 11) is -1.16. The Labute approximate surface area is 90.4 Å². The molecule has 0 saturated heterocycles. The minimum Gasteiger partial charge on any atom is -0.389 e. The zero-order valence-electron chi connectivity index (χ0n) is 8.39. The first-order chi connectivity index (χ1) is 5.38. The van der Waals surface area contributed by atoms with Gasteiger partial charge in [0.15, 0.2) is 0 Å². The van der Waals surface area contributed by atoms with E-state index in [2.05, 4.69) is 49.2 Å². The molecule has 0 fully saturated rings. The zero-order valence-corrected chi connectivity index (χ0v) is 11.6. The van der Waals surface area contributed by atoms with Gasteiger partial charge in [-0.05, 0) is 9.62 Å². The lowest BCUT2D eigenvalue weighted by Gasteiger charge is -2.16. The van der Waals surface area contributed by atoms with Crippen LogP contribution in [0.3, 0.4) is 0 Å². The van der Waals surface area contributed by atoms with Crippen molar-refractivity contribution in [3.63, 3.8) is 0 Å². The molecule has 0 heterocycles. The number of aliphatic hydroxyl groups is 1. The van der Waals surface area contributed by atoms with E-state index in [-0.39, 0.29) is 6.10 Å². The van der Waals surface area contributed by atoms with Crippen LogP contribution in [0.2, 0.25) is 19.6 Å². The first kappa shape index (κ1) is 12.6. The molecule has 1 unspecified atom stereocenters. The van der Waals surface area contributed by atoms with Crippen molar-refractivity contribution >= 4 is 30.7 Å². The van der Waals surface area contributed by atoms with Crippen LogP contribution < -0.4 is 0 Å². The van der Waals surface area contributed by atoms with Crippen molar-refractivity contribution in [1.82, 2.24) is 0 Å². The molecule has 0 aromatic carbocycles. The Bertz CT molecular complexity index is 160. The lowest BCUT2D eigenvalue weighted by atomic mass is 10.2. The van der Waals surface area contributed by atoms with E-state index in [4.69, 9.17) is 0 Å². The third-order valence-corrected chi connectivity index (χ3v) is 8.45. The summed E-state index contributed by atoms with van der Waals surface area (Å²) in [5, 5.41) is 9.52. The van der Waals surface area contributed by atoms with Gasteiger partial charge in [0.05, 0.1) is 14.2 Å². The number of hydrogen-bond acceptors (Lipinski definition) is 1. The summed E-state index contributed by atoms with van der Waals surface area (Å²) in [5.41, 5.74) is 0. The molecule has 12 heavy (non-hydrogen) atoms. The van der Waals surface area contributed by atoms with E-state index >= 15 is 0 Å². The molecule has 3 heteroatoms. The van der Waals surface area contributed by atoms with Crippen LogP contribution >= 0.6 is 22.6 Å². The Hall–Kier alpha value is 0.647. The highest BCUT2D eigenvalue weighted by Crippen LogP contribution is 2.22. The summed E-state index contributed by atoms with van der Waals surface area (Å²) < 4.78 is 1.38. The van der Waals surface area contributed by atoms with Crippen molar-refractivity contribution in [2.75, 3.05) is 0 Å². The molecule has 72 valence electrons. The molecule has 0 aromatic heterocycles. The van der Waals surface area contributed by atoms with Crippen LogP contribution in [0, 0.1) is 0 Å². The second-order valence-electron chi connectivity index (χ2n) is 4.12. The van der Waals surface area contributed by atoms with E-state index in [1.165, 1.54) is 3.20 Å². The molecule has 0 amide bonds. The molecule has 0 aliphatic rings. The lowest BCUT2D eigenvalue weighted by molar-refractivity contribution is 0.211. The van der Waals surface area contributed by atoms with Crippen molar-refractivity contribution in [2.45, 2.75) is 45.5 Å². The number of rotatable bonds is 4. The van der Waals surface area contributed by atoms with Crippen molar-refractivity contribution in [1.29, 1.82) is 0 Å². The van der Waals surface area contributed by atoms with Gasteiger partial charge in [0.1, 0.15) is 0 Å². The van der Waals surface area contributed by atoms with Crippen LogP contribution in [-0.4, -0.2) is 19.3 Å². The van der Waals surface area contributed by atoms with Gasteiger partial charge in [-0.2, -0.15) is 0 Å². The van der Waals surface area contributed by atoms with Crippen LogP contribution in [0.5, 0.6) is 0 Å². The van der Waals surface area contributed by atoms with Gasteiger partial charge < -0.3 is 5.11 Å². The van der Waals surface area contributed by atoms with Gasteiger partial charge >= 0.3 is 0 Å². The van der Waals surface area contributed by atoms with Gasteiger partial charge in [-0.1, -0.05) is 61.7 Å². The maximum atomic E-state index is 9.52. The molecule has 0 aliphatic heterocycles. The van der Waals surface area contributed by atoms with Gasteiger partial charge in [0, 0.05) is 0 Å². The summed E-state index contributed by atoms with van der Waals surface area (Å²) in [6, 6.07) is 0. The van der Waals surface area contributed by atoms with Crippen LogP contribution in [0.15, 0.2) is 9.28 Å². The molecule has 0 saturated carbocycles. The van der Waals surface area contributed by atoms with Gasteiger partial charge in [-0.3, -0.25) is 0 Å². The maximum absolute atomic E-state index is 9.52. The van der Waals surface area contributed by atoms with E-state index < -0.39 is 8.07 Å². The van der Waals surface area contributed by atoms with Gasteiger partial charge in [-0.25, -0.2) is 0 Å². The fourth-order valence-electron chi connectivity index (χ4n) is 0.798. The summed E-state index contributed by atoms with van der Waals surface area (Å²) in [4.78, 5) is 0.